The van der Waals surface area contributed by atoms with Gasteiger partial charge in [0.15, 0.2) is 0 Å². The molecule has 0 aliphatic carbocycles. The fourth-order valence-corrected chi connectivity index (χ4v) is 2.26. The van der Waals surface area contributed by atoms with Gasteiger partial charge in [-0.3, -0.25) is 9.78 Å². The molecule has 0 aliphatic heterocycles. The number of para-hydroxylation sites is 1. The summed E-state index contributed by atoms with van der Waals surface area (Å²) in [4.78, 5) is 16.2. The second-order valence-electron chi connectivity index (χ2n) is 5.30. The summed E-state index contributed by atoms with van der Waals surface area (Å²) >= 11 is 0. The molecule has 26 heavy (non-hydrogen) atoms. The zero-order valence-electron chi connectivity index (χ0n) is 13.3. The largest absolute Gasteiger partial charge is 0.355 e. The molecule has 128 valence electrons. The number of anilines is 3. The molecule has 0 atom stereocenters. The first-order valence-corrected chi connectivity index (χ1v) is 7.55. The van der Waals surface area contributed by atoms with Crippen molar-refractivity contribution in [1.29, 1.82) is 5.26 Å². The molecular formula is C19H12F2N4O. The molecule has 0 saturated carbocycles. The third-order valence-corrected chi connectivity index (χ3v) is 3.47. The Kier molecular flexibility index (Phi) is 4.85. The van der Waals surface area contributed by atoms with E-state index in [0.29, 0.717) is 16.9 Å². The van der Waals surface area contributed by atoms with Gasteiger partial charge in [-0.2, -0.15) is 5.26 Å². The molecular weight excluding hydrogens is 338 g/mol. The highest BCUT2D eigenvalue weighted by Gasteiger charge is 2.14. The van der Waals surface area contributed by atoms with Crippen LogP contribution in [0, 0.1) is 23.0 Å². The number of hydrogen-bond acceptors (Lipinski definition) is 4. The van der Waals surface area contributed by atoms with Gasteiger partial charge in [0, 0.05) is 17.6 Å². The van der Waals surface area contributed by atoms with Crippen LogP contribution < -0.4 is 10.6 Å². The Balaban J connectivity index is 1.80. The van der Waals surface area contributed by atoms with Crippen LogP contribution in [-0.2, 0) is 0 Å². The second kappa shape index (κ2) is 7.40. The van der Waals surface area contributed by atoms with Crippen LogP contribution in [0.25, 0.3) is 0 Å². The number of carbonyl (C=O) groups is 1. The van der Waals surface area contributed by atoms with Gasteiger partial charge in [0.05, 0.1) is 11.6 Å². The molecule has 3 aromatic rings. The van der Waals surface area contributed by atoms with E-state index in [1.165, 1.54) is 18.3 Å². The minimum Gasteiger partial charge on any atom is -0.355 e. The van der Waals surface area contributed by atoms with Crippen LogP contribution in [0.4, 0.5) is 25.8 Å². The van der Waals surface area contributed by atoms with Crippen molar-refractivity contribution in [2.45, 2.75) is 0 Å². The first-order chi connectivity index (χ1) is 12.6. The third kappa shape index (κ3) is 3.82. The van der Waals surface area contributed by atoms with Crippen LogP contribution >= 0.6 is 0 Å². The van der Waals surface area contributed by atoms with E-state index in [4.69, 9.17) is 5.26 Å². The number of halogens is 2. The van der Waals surface area contributed by atoms with E-state index in [0.717, 1.165) is 12.1 Å². The number of hydrogen-bond donors (Lipinski definition) is 2. The highest BCUT2D eigenvalue weighted by molar-refractivity contribution is 6.03. The van der Waals surface area contributed by atoms with Crippen molar-refractivity contribution in [3.8, 4) is 6.07 Å². The highest BCUT2D eigenvalue weighted by atomic mass is 19.1. The van der Waals surface area contributed by atoms with Gasteiger partial charge in [0.1, 0.15) is 23.0 Å². The van der Waals surface area contributed by atoms with E-state index in [1.54, 1.807) is 30.3 Å². The lowest BCUT2D eigenvalue weighted by Crippen LogP contribution is -2.16. The Morgan fingerprint density at radius 1 is 1.00 bits per heavy atom. The van der Waals surface area contributed by atoms with E-state index in [2.05, 4.69) is 15.6 Å². The summed E-state index contributed by atoms with van der Waals surface area (Å²) in [6, 6.07) is 15.2. The van der Waals surface area contributed by atoms with Gasteiger partial charge < -0.3 is 10.6 Å². The summed E-state index contributed by atoms with van der Waals surface area (Å²) < 4.78 is 27.3. The number of carbonyl (C=O) groups excluding carboxylic acids is 1. The first kappa shape index (κ1) is 17.0. The molecule has 0 spiro atoms. The molecule has 0 radical (unpaired) electrons. The van der Waals surface area contributed by atoms with Gasteiger partial charge in [-0.1, -0.05) is 12.1 Å². The van der Waals surface area contributed by atoms with Crippen molar-refractivity contribution < 1.29 is 13.6 Å². The lowest BCUT2D eigenvalue weighted by Gasteiger charge is -2.09. The van der Waals surface area contributed by atoms with Crippen LogP contribution in [0.15, 0.2) is 60.8 Å². The van der Waals surface area contributed by atoms with Crippen LogP contribution in [-0.4, -0.2) is 10.9 Å². The Hall–Kier alpha value is -3.79. The van der Waals surface area contributed by atoms with Gasteiger partial charge >= 0.3 is 0 Å². The van der Waals surface area contributed by atoms with E-state index in [9.17, 15) is 13.6 Å². The van der Waals surface area contributed by atoms with E-state index in [-0.39, 0.29) is 5.69 Å². The monoisotopic (exact) mass is 350 g/mol. The predicted octanol–water partition coefficient (Wildman–Crippen LogP) is 4.23. The van der Waals surface area contributed by atoms with Gasteiger partial charge in [-0.25, -0.2) is 8.78 Å². The van der Waals surface area contributed by atoms with Gasteiger partial charge in [0.2, 0.25) is 0 Å². The number of rotatable bonds is 4. The van der Waals surface area contributed by atoms with Crippen LogP contribution in [0.5, 0.6) is 0 Å². The van der Waals surface area contributed by atoms with Crippen molar-refractivity contribution in [2.24, 2.45) is 0 Å². The molecule has 0 bridgehead atoms. The third-order valence-electron chi connectivity index (χ3n) is 3.47. The summed E-state index contributed by atoms with van der Waals surface area (Å²) in [5.74, 6) is -2.50. The first-order valence-electron chi connectivity index (χ1n) is 7.55. The van der Waals surface area contributed by atoms with E-state index < -0.39 is 23.2 Å². The van der Waals surface area contributed by atoms with Crippen LogP contribution in [0.1, 0.15) is 16.1 Å². The zero-order chi connectivity index (χ0) is 18.5. The smallest absolute Gasteiger partial charge is 0.274 e. The summed E-state index contributed by atoms with van der Waals surface area (Å²) in [7, 11) is 0. The number of aromatic nitrogens is 1. The van der Waals surface area contributed by atoms with Crippen molar-refractivity contribution in [3.63, 3.8) is 0 Å². The SMILES string of the molecule is N#Cc1cccc(Nc2ccnc(C(=O)Nc3c(F)cccc3F)c2)c1. The minimum absolute atomic E-state index is 0.0194. The normalized spacial score (nSPS) is 10.0. The fourth-order valence-electron chi connectivity index (χ4n) is 2.26. The molecule has 3 rings (SSSR count). The molecule has 0 fully saturated rings. The van der Waals surface area contributed by atoms with Crippen LogP contribution in [0.2, 0.25) is 0 Å². The molecule has 2 N–H and O–H groups in total. The molecule has 1 aromatic heterocycles. The van der Waals surface area contributed by atoms with Crippen molar-refractivity contribution in [2.75, 3.05) is 10.6 Å². The number of nitriles is 1. The Morgan fingerprint density at radius 3 is 2.42 bits per heavy atom. The van der Waals surface area contributed by atoms with Gasteiger partial charge in [-0.05, 0) is 42.5 Å². The molecule has 1 heterocycles. The summed E-state index contributed by atoms with van der Waals surface area (Å²) in [6.07, 6.45) is 1.39. The average Bonchev–Trinajstić information content (AvgIpc) is 2.65. The van der Waals surface area contributed by atoms with Gasteiger partial charge in [0.25, 0.3) is 5.91 Å². The lowest BCUT2D eigenvalue weighted by atomic mass is 10.2. The number of nitrogens with zero attached hydrogens (tertiary/aromatic N) is 2. The number of amides is 1. The topological polar surface area (TPSA) is 77.8 Å². The maximum Gasteiger partial charge on any atom is 0.274 e. The fraction of sp³-hybridized carbons (Fsp3) is 0. The summed E-state index contributed by atoms with van der Waals surface area (Å²) in [6.45, 7) is 0. The predicted molar refractivity (Wildman–Crippen MR) is 93.0 cm³/mol. The molecule has 1 amide bonds. The Morgan fingerprint density at radius 2 is 1.69 bits per heavy atom. The molecule has 0 saturated heterocycles. The van der Waals surface area contributed by atoms with E-state index in [1.807, 2.05) is 6.07 Å². The average molecular weight is 350 g/mol. The van der Waals surface area contributed by atoms with Crippen molar-refractivity contribution in [3.05, 3.63) is 83.7 Å². The van der Waals surface area contributed by atoms with Crippen LogP contribution in [0.3, 0.4) is 0 Å². The standard InChI is InChI=1S/C19H12F2N4O/c20-15-5-2-6-16(21)18(15)25-19(26)17-10-14(7-8-23-17)24-13-4-1-3-12(9-13)11-22/h1-10H,(H,23,24)(H,25,26). The molecule has 0 unspecified atom stereocenters. The summed E-state index contributed by atoms with van der Waals surface area (Å²) in [5, 5.41) is 14.2. The number of nitrogens with one attached hydrogen (secondary N) is 2. The van der Waals surface area contributed by atoms with Crippen molar-refractivity contribution in [1.82, 2.24) is 4.98 Å². The number of benzene rings is 2. The highest BCUT2D eigenvalue weighted by Crippen LogP contribution is 2.21. The minimum atomic E-state index is -0.874. The second-order valence-corrected chi connectivity index (χ2v) is 5.30. The molecule has 0 aliphatic rings. The maximum absolute atomic E-state index is 13.7. The number of pyridine rings is 1. The zero-order valence-corrected chi connectivity index (χ0v) is 13.3. The van der Waals surface area contributed by atoms with Crippen molar-refractivity contribution >= 4 is 23.0 Å². The molecule has 5 nitrogen and oxygen atoms in total. The van der Waals surface area contributed by atoms with Gasteiger partial charge in [-0.15, -0.1) is 0 Å². The maximum atomic E-state index is 13.7. The lowest BCUT2D eigenvalue weighted by molar-refractivity contribution is 0.102. The van der Waals surface area contributed by atoms with E-state index >= 15 is 0 Å². The molecule has 2 aromatic carbocycles. The summed E-state index contributed by atoms with van der Waals surface area (Å²) in [5.41, 5.74) is 1.13. The molecule has 7 heteroatoms. The quantitative estimate of drug-likeness (QED) is 0.738. The Labute approximate surface area is 147 Å². The Bertz CT molecular complexity index is 994.